The first-order valence-electron chi connectivity index (χ1n) is 5.06. The van der Waals surface area contributed by atoms with Gasteiger partial charge in [-0.3, -0.25) is 0 Å². The summed E-state index contributed by atoms with van der Waals surface area (Å²) in [5.41, 5.74) is 0.799. The third kappa shape index (κ3) is 3.14. The molecule has 0 spiro atoms. The normalized spacial score (nSPS) is 10.1. The lowest BCUT2D eigenvalue weighted by Crippen LogP contribution is -2.06. The van der Waals surface area contributed by atoms with Crippen molar-refractivity contribution >= 4 is 23.4 Å². The number of carboxylic acids is 1. The van der Waals surface area contributed by atoms with Crippen LogP contribution in [0.1, 0.15) is 16.1 Å². The molecule has 0 aliphatic heterocycles. The van der Waals surface area contributed by atoms with Crippen LogP contribution in [-0.2, 0) is 6.54 Å². The number of hydrogen-bond donors (Lipinski definition) is 2. The fourth-order valence-electron chi connectivity index (χ4n) is 1.32. The summed E-state index contributed by atoms with van der Waals surface area (Å²) in [6.07, 6.45) is 1.57. The van der Waals surface area contributed by atoms with Gasteiger partial charge in [-0.15, -0.1) is 0 Å². The van der Waals surface area contributed by atoms with Crippen molar-refractivity contribution in [3.63, 3.8) is 0 Å². The molecule has 0 amide bonds. The lowest BCUT2D eigenvalue weighted by Gasteiger charge is -2.06. The zero-order chi connectivity index (χ0) is 13.0. The van der Waals surface area contributed by atoms with Crippen LogP contribution in [0.5, 0.6) is 0 Å². The van der Waals surface area contributed by atoms with E-state index in [1.165, 1.54) is 12.1 Å². The fourth-order valence-corrected chi connectivity index (χ4v) is 1.53. The summed E-state index contributed by atoms with van der Waals surface area (Å²) in [4.78, 5) is 14.8. The maximum atomic E-state index is 10.8. The standard InChI is InChI=1S/C11H9ClN4O2/c12-9-4-7(11(17)18)5-10(15-9)13-6-8-2-1-3-14-16-8/h1-5H,6H2,(H,13,15)(H,17,18). The van der Waals surface area contributed by atoms with Crippen LogP contribution in [-0.4, -0.2) is 26.3 Å². The molecule has 0 aliphatic rings. The predicted molar refractivity (Wildman–Crippen MR) is 65.6 cm³/mol. The Balaban J connectivity index is 2.12. The van der Waals surface area contributed by atoms with E-state index in [0.29, 0.717) is 12.4 Å². The Kier molecular flexibility index (Phi) is 3.69. The highest BCUT2D eigenvalue weighted by Gasteiger charge is 2.07. The van der Waals surface area contributed by atoms with Crippen molar-refractivity contribution < 1.29 is 9.90 Å². The summed E-state index contributed by atoms with van der Waals surface area (Å²) in [5, 5.41) is 19.6. The Labute approximate surface area is 108 Å². The second-order valence-corrected chi connectivity index (χ2v) is 3.82. The quantitative estimate of drug-likeness (QED) is 0.819. The number of carbonyl (C=O) groups is 1. The van der Waals surface area contributed by atoms with Gasteiger partial charge in [-0.2, -0.15) is 10.2 Å². The summed E-state index contributed by atoms with van der Waals surface area (Å²) in [5.74, 6) is -0.674. The molecule has 0 unspecified atom stereocenters. The van der Waals surface area contributed by atoms with Gasteiger partial charge in [-0.05, 0) is 24.3 Å². The maximum Gasteiger partial charge on any atom is 0.335 e. The molecule has 18 heavy (non-hydrogen) atoms. The molecule has 0 aromatic carbocycles. The fraction of sp³-hybridized carbons (Fsp3) is 0.0909. The Hall–Kier alpha value is -2.21. The van der Waals surface area contributed by atoms with Crippen LogP contribution in [0.25, 0.3) is 0 Å². The molecule has 0 atom stereocenters. The Morgan fingerprint density at radius 1 is 1.44 bits per heavy atom. The van der Waals surface area contributed by atoms with E-state index in [-0.39, 0.29) is 10.7 Å². The molecule has 0 aliphatic carbocycles. The second kappa shape index (κ2) is 5.42. The third-order valence-electron chi connectivity index (χ3n) is 2.12. The lowest BCUT2D eigenvalue weighted by molar-refractivity contribution is 0.0697. The summed E-state index contributed by atoms with van der Waals surface area (Å²) in [7, 11) is 0. The number of carboxylic acid groups (broad SMARTS) is 1. The van der Waals surface area contributed by atoms with Crippen molar-refractivity contribution in [2.45, 2.75) is 6.54 Å². The monoisotopic (exact) mass is 264 g/mol. The van der Waals surface area contributed by atoms with Crippen LogP contribution >= 0.6 is 11.6 Å². The smallest absolute Gasteiger partial charge is 0.335 e. The molecule has 0 bridgehead atoms. The van der Waals surface area contributed by atoms with Crippen molar-refractivity contribution in [2.24, 2.45) is 0 Å². The van der Waals surface area contributed by atoms with E-state index in [9.17, 15) is 4.79 Å². The van der Waals surface area contributed by atoms with Gasteiger partial charge < -0.3 is 10.4 Å². The van der Waals surface area contributed by atoms with Gasteiger partial charge in [-0.25, -0.2) is 9.78 Å². The molecule has 6 nitrogen and oxygen atoms in total. The number of aromatic nitrogens is 3. The van der Waals surface area contributed by atoms with Gasteiger partial charge in [0.1, 0.15) is 11.0 Å². The Morgan fingerprint density at radius 3 is 2.94 bits per heavy atom. The van der Waals surface area contributed by atoms with Gasteiger partial charge in [0.25, 0.3) is 0 Å². The van der Waals surface area contributed by atoms with Gasteiger partial charge in [0, 0.05) is 6.20 Å². The largest absolute Gasteiger partial charge is 0.478 e. The van der Waals surface area contributed by atoms with Crippen LogP contribution in [0.15, 0.2) is 30.5 Å². The number of rotatable bonds is 4. The van der Waals surface area contributed by atoms with Gasteiger partial charge in [0.15, 0.2) is 0 Å². The molecular weight excluding hydrogens is 256 g/mol. The summed E-state index contributed by atoms with van der Waals surface area (Å²) < 4.78 is 0. The van der Waals surface area contributed by atoms with Crippen LogP contribution < -0.4 is 5.32 Å². The first-order chi connectivity index (χ1) is 8.65. The first kappa shape index (κ1) is 12.3. The summed E-state index contributed by atoms with van der Waals surface area (Å²) in [6, 6.07) is 6.25. The zero-order valence-electron chi connectivity index (χ0n) is 9.17. The van der Waals surface area contributed by atoms with Crippen molar-refractivity contribution in [3.05, 3.63) is 46.9 Å². The molecular formula is C11H9ClN4O2. The number of nitrogens with zero attached hydrogens (tertiary/aromatic N) is 3. The van der Waals surface area contributed by atoms with Gasteiger partial charge in [0.05, 0.1) is 17.8 Å². The van der Waals surface area contributed by atoms with Crippen LogP contribution in [0.2, 0.25) is 5.15 Å². The van der Waals surface area contributed by atoms with E-state index in [1.807, 2.05) is 0 Å². The average molecular weight is 265 g/mol. The Bertz CT molecular complexity index is 562. The van der Waals surface area contributed by atoms with Gasteiger partial charge >= 0.3 is 5.97 Å². The molecule has 0 fully saturated rings. The number of aromatic carboxylic acids is 1. The molecule has 2 aromatic heterocycles. The van der Waals surface area contributed by atoms with E-state index >= 15 is 0 Å². The van der Waals surface area contributed by atoms with E-state index in [4.69, 9.17) is 16.7 Å². The van der Waals surface area contributed by atoms with Crippen LogP contribution in [0.3, 0.4) is 0 Å². The number of anilines is 1. The number of pyridine rings is 1. The highest BCUT2D eigenvalue weighted by atomic mass is 35.5. The minimum atomic E-state index is -1.05. The number of nitrogens with one attached hydrogen (secondary N) is 1. The maximum absolute atomic E-state index is 10.8. The van der Waals surface area contributed by atoms with Crippen molar-refractivity contribution in [2.75, 3.05) is 5.32 Å². The third-order valence-corrected chi connectivity index (χ3v) is 2.31. The van der Waals surface area contributed by atoms with Crippen molar-refractivity contribution in [1.82, 2.24) is 15.2 Å². The van der Waals surface area contributed by atoms with Crippen molar-refractivity contribution in [1.29, 1.82) is 0 Å². The molecule has 0 radical (unpaired) electrons. The first-order valence-corrected chi connectivity index (χ1v) is 5.44. The molecule has 92 valence electrons. The summed E-state index contributed by atoms with van der Waals surface area (Å²) in [6.45, 7) is 0.389. The lowest BCUT2D eigenvalue weighted by atomic mass is 10.2. The summed E-state index contributed by atoms with van der Waals surface area (Å²) >= 11 is 5.73. The minimum absolute atomic E-state index is 0.0802. The van der Waals surface area contributed by atoms with Gasteiger partial charge in [-0.1, -0.05) is 11.6 Å². The second-order valence-electron chi connectivity index (χ2n) is 3.44. The van der Waals surface area contributed by atoms with E-state index < -0.39 is 5.97 Å². The molecule has 2 rings (SSSR count). The average Bonchev–Trinajstić information content (AvgIpc) is 2.37. The molecule has 7 heteroatoms. The molecule has 0 saturated carbocycles. The minimum Gasteiger partial charge on any atom is -0.478 e. The van der Waals surface area contributed by atoms with Crippen LogP contribution in [0.4, 0.5) is 5.82 Å². The Morgan fingerprint density at radius 2 is 2.28 bits per heavy atom. The SMILES string of the molecule is O=C(O)c1cc(Cl)nc(NCc2cccnn2)c1. The van der Waals surface area contributed by atoms with E-state index in [1.54, 1.807) is 18.3 Å². The molecule has 2 heterocycles. The predicted octanol–water partition coefficient (Wildman–Crippen LogP) is 1.84. The molecule has 2 aromatic rings. The number of halogens is 1. The molecule has 0 saturated heterocycles. The van der Waals surface area contributed by atoms with Crippen molar-refractivity contribution in [3.8, 4) is 0 Å². The highest BCUT2D eigenvalue weighted by Crippen LogP contribution is 2.15. The number of hydrogen-bond acceptors (Lipinski definition) is 5. The zero-order valence-corrected chi connectivity index (χ0v) is 9.92. The van der Waals surface area contributed by atoms with E-state index in [0.717, 1.165) is 5.69 Å². The van der Waals surface area contributed by atoms with Crippen LogP contribution in [0, 0.1) is 0 Å². The van der Waals surface area contributed by atoms with Gasteiger partial charge in [0.2, 0.25) is 0 Å². The van der Waals surface area contributed by atoms with E-state index in [2.05, 4.69) is 20.5 Å². The topological polar surface area (TPSA) is 88.0 Å². The molecule has 2 N–H and O–H groups in total. The highest BCUT2D eigenvalue weighted by molar-refractivity contribution is 6.29.